The predicted octanol–water partition coefficient (Wildman–Crippen LogP) is -0.896. The van der Waals surface area contributed by atoms with Crippen molar-refractivity contribution in [3.05, 3.63) is 11.8 Å². The molecule has 1 aliphatic rings. The van der Waals surface area contributed by atoms with Crippen LogP contribution in [0.3, 0.4) is 0 Å². The Kier molecular flexibility index (Phi) is 1.26. The zero-order valence-electron chi connectivity index (χ0n) is 4.84. The fourth-order valence-corrected chi connectivity index (χ4v) is 0.592. The van der Waals surface area contributed by atoms with Crippen LogP contribution in [0.2, 0.25) is 0 Å². The van der Waals surface area contributed by atoms with Gasteiger partial charge in [0, 0.05) is 0 Å². The normalized spacial score (nSPS) is 22.0. The minimum Gasteiger partial charge on any atom is -0.515 e. The Morgan fingerprint density at radius 1 is 1.40 bits per heavy atom. The highest BCUT2D eigenvalue weighted by molar-refractivity contribution is 6.57. The molecule has 0 aromatic rings. The molecule has 1 heterocycles. The quantitative estimate of drug-likeness (QED) is 0.231. The van der Waals surface area contributed by atoms with Crippen molar-refractivity contribution < 1.29 is 14.7 Å². The lowest BCUT2D eigenvalue weighted by atomic mass is 10.2. The van der Waals surface area contributed by atoms with Crippen LogP contribution >= 0.6 is 0 Å². The van der Waals surface area contributed by atoms with E-state index in [0.717, 1.165) is 0 Å². The average Bonchev–Trinajstić information content (AvgIpc) is 2.09. The Morgan fingerprint density at radius 2 is 2.00 bits per heavy atom. The fourth-order valence-electron chi connectivity index (χ4n) is 0.592. The highest BCUT2D eigenvalue weighted by Crippen LogP contribution is 2.03. The van der Waals surface area contributed by atoms with Crippen molar-refractivity contribution in [2.24, 2.45) is 0 Å². The van der Waals surface area contributed by atoms with Gasteiger partial charge in [-0.05, 0) is 0 Å². The molecular weight excluding hydrogens is 136 g/mol. The summed E-state index contributed by atoms with van der Waals surface area (Å²) in [5.41, 5.74) is -0.780. The highest BCUT2D eigenvalue weighted by atomic mass is 16.2. The Balaban J connectivity index is 3.07. The minimum atomic E-state index is -0.773. The molecule has 1 rings (SSSR count). The van der Waals surface area contributed by atoms with E-state index in [4.69, 9.17) is 10.5 Å². The summed E-state index contributed by atoms with van der Waals surface area (Å²) in [6.45, 7) is 0. The van der Waals surface area contributed by atoms with Crippen molar-refractivity contribution in [3.63, 3.8) is 0 Å². The summed E-state index contributed by atoms with van der Waals surface area (Å²) < 4.78 is 0. The molecule has 10 heavy (non-hydrogen) atoms. The number of carbonyl (C=O) groups is 2. The number of amides is 2. The molecule has 5 heteroatoms. The van der Waals surface area contributed by atoms with E-state index in [1.54, 1.807) is 0 Å². The third-order valence-corrected chi connectivity index (χ3v) is 1.10. The number of aliphatic hydroxyl groups excluding tert-OH is 1. The van der Waals surface area contributed by atoms with Gasteiger partial charge in [0.2, 0.25) is 0 Å². The summed E-state index contributed by atoms with van der Waals surface area (Å²) in [4.78, 5) is 21.0. The van der Waals surface area contributed by atoms with Crippen LogP contribution in [0.4, 0.5) is 0 Å². The van der Waals surface area contributed by atoms with Crippen LogP contribution in [0.1, 0.15) is 0 Å². The third kappa shape index (κ3) is 0.680. The van der Waals surface area contributed by atoms with Crippen molar-refractivity contribution >= 4 is 17.5 Å². The molecule has 5 nitrogen and oxygen atoms in total. The van der Waals surface area contributed by atoms with Crippen LogP contribution in [0.5, 0.6) is 0 Å². The second kappa shape index (κ2) is 1.94. The van der Waals surface area contributed by atoms with E-state index in [1.807, 2.05) is 5.32 Å². The van der Waals surface area contributed by atoms with E-state index in [2.05, 4.69) is 0 Å². The van der Waals surface area contributed by atoms with Crippen LogP contribution in [0, 0.1) is 5.41 Å². The average molecular weight is 140 g/mol. The summed E-state index contributed by atoms with van der Waals surface area (Å²) in [5.74, 6) is -1.50. The number of hydrogen-bond acceptors (Lipinski definition) is 4. The van der Waals surface area contributed by atoms with Crippen molar-refractivity contribution in [3.8, 4) is 0 Å². The van der Waals surface area contributed by atoms with Crippen molar-refractivity contribution in [2.45, 2.75) is 0 Å². The summed E-state index contributed by atoms with van der Waals surface area (Å²) in [6, 6.07) is 0. The van der Waals surface area contributed by atoms with E-state index >= 15 is 0 Å². The first-order valence-corrected chi connectivity index (χ1v) is 2.46. The highest BCUT2D eigenvalue weighted by Gasteiger charge is 2.30. The van der Waals surface area contributed by atoms with Gasteiger partial charge in [-0.15, -0.1) is 0 Å². The topological polar surface area (TPSA) is 90.3 Å². The van der Waals surface area contributed by atoms with Crippen LogP contribution in [0.15, 0.2) is 11.8 Å². The molecule has 0 aromatic carbocycles. The van der Waals surface area contributed by atoms with E-state index in [9.17, 15) is 9.59 Å². The van der Waals surface area contributed by atoms with Gasteiger partial charge in [0.1, 0.15) is 11.3 Å². The summed E-state index contributed by atoms with van der Waals surface area (Å²) in [7, 11) is 0. The van der Waals surface area contributed by atoms with Crippen molar-refractivity contribution in [1.29, 1.82) is 5.41 Å². The molecule has 0 atom stereocenters. The zero-order valence-corrected chi connectivity index (χ0v) is 4.84. The molecule has 0 radical (unpaired) electrons. The molecule has 1 saturated heterocycles. The Hall–Kier alpha value is -1.65. The predicted molar refractivity (Wildman–Crippen MR) is 31.6 cm³/mol. The van der Waals surface area contributed by atoms with Gasteiger partial charge in [-0.2, -0.15) is 0 Å². The van der Waals surface area contributed by atoms with Gasteiger partial charge < -0.3 is 5.11 Å². The maximum Gasteiger partial charge on any atom is 0.276 e. The lowest BCUT2D eigenvalue weighted by Crippen LogP contribution is -2.21. The molecule has 3 N–H and O–H groups in total. The van der Waals surface area contributed by atoms with Gasteiger partial charge >= 0.3 is 0 Å². The second-order valence-corrected chi connectivity index (χ2v) is 1.70. The van der Waals surface area contributed by atoms with Crippen LogP contribution in [0.25, 0.3) is 0 Å². The Bertz CT molecular complexity index is 254. The molecule has 1 fully saturated rings. The largest absolute Gasteiger partial charge is 0.515 e. The van der Waals surface area contributed by atoms with E-state index < -0.39 is 17.5 Å². The van der Waals surface area contributed by atoms with Crippen molar-refractivity contribution in [1.82, 2.24) is 5.32 Å². The zero-order chi connectivity index (χ0) is 7.72. The van der Waals surface area contributed by atoms with E-state index in [0.29, 0.717) is 6.26 Å². The minimum absolute atomic E-state index is 0.287. The SMILES string of the molecule is N=C1C(=O)NC(=O)C1=CO. The van der Waals surface area contributed by atoms with Crippen LogP contribution < -0.4 is 5.32 Å². The maximum absolute atomic E-state index is 10.5. The summed E-state index contributed by atoms with van der Waals surface area (Å²) in [6.07, 6.45) is 0.447. The fraction of sp³-hybridized carbons (Fsp3) is 0. The third-order valence-electron chi connectivity index (χ3n) is 1.10. The van der Waals surface area contributed by atoms with Gasteiger partial charge in [0.15, 0.2) is 0 Å². The van der Waals surface area contributed by atoms with Crippen molar-refractivity contribution in [2.75, 3.05) is 0 Å². The molecule has 2 amide bonds. The first-order chi connectivity index (χ1) is 4.66. The Labute approximate surface area is 55.9 Å². The van der Waals surface area contributed by atoms with Gasteiger partial charge in [0.25, 0.3) is 11.8 Å². The summed E-state index contributed by atoms with van der Waals surface area (Å²) in [5, 5.41) is 17.0. The van der Waals surface area contributed by atoms with Gasteiger partial charge in [-0.25, -0.2) is 0 Å². The molecule has 0 aliphatic carbocycles. The van der Waals surface area contributed by atoms with Crippen LogP contribution in [-0.2, 0) is 9.59 Å². The molecular formula is C5H4N2O3. The number of carbonyl (C=O) groups excluding carboxylic acids is 2. The first kappa shape index (κ1) is 6.47. The molecule has 0 unspecified atom stereocenters. The number of imide groups is 1. The smallest absolute Gasteiger partial charge is 0.276 e. The van der Waals surface area contributed by atoms with Gasteiger partial charge in [0.05, 0.1) is 6.26 Å². The second-order valence-electron chi connectivity index (χ2n) is 1.70. The molecule has 52 valence electrons. The molecule has 1 aliphatic heterocycles. The van der Waals surface area contributed by atoms with E-state index in [-0.39, 0.29) is 5.57 Å². The lowest BCUT2D eigenvalue weighted by molar-refractivity contribution is -0.122. The maximum atomic E-state index is 10.5. The standard InChI is InChI=1S/C5H4N2O3/c6-3-2(1-8)4(9)7-5(3)10/h1,6,8H,(H,7,9,10). The Morgan fingerprint density at radius 3 is 2.20 bits per heavy atom. The molecule has 0 saturated carbocycles. The summed E-state index contributed by atoms with van der Waals surface area (Å²) >= 11 is 0. The number of aliphatic hydroxyl groups is 1. The number of nitrogens with one attached hydrogen (secondary N) is 2. The lowest BCUT2D eigenvalue weighted by Gasteiger charge is -1.83. The van der Waals surface area contributed by atoms with E-state index in [1.165, 1.54) is 0 Å². The molecule has 0 aromatic heterocycles. The number of rotatable bonds is 0. The van der Waals surface area contributed by atoms with Crippen LogP contribution in [-0.4, -0.2) is 22.6 Å². The monoisotopic (exact) mass is 140 g/mol. The molecule has 0 spiro atoms. The van der Waals surface area contributed by atoms with Gasteiger partial charge in [-0.1, -0.05) is 0 Å². The molecule has 0 bridgehead atoms. The van der Waals surface area contributed by atoms with Gasteiger partial charge in [-0.3, -0.25) is 20.3 Å². The number of hydrogen-bond donors (Lipinski definition) is 3. The first-order valence-electron chi connectivity index (χ1n) is 2.46.